The zero-order valence-corrected chi connectivity index (χ0v) is 14.4. The van der Waals surface area contributed by atoms with Crippen molar-refractivity contribution in [3.05, 3.63) is 48.2 Å². The SMILES string of the molecule is O=C1CN(c2ccc(NC(=O)c3cccnc3SC(F)F)cc2)CCN1. The van der Waals surface area contributed by atoms with Crippen LogP contribution in [0, 0.1) is 0 Å². The van der Waals surface area contributed by atoms with Crippen LogP contribution < -0.4 is 15.5 Å². The summed E-state index contributed by atoms with van der Waals surface area (Å²) in [7, 11) is 0. The number of hydrogen-bond acceptors (Lipinski definition) is 5. The van der Waals surface area contributed by atoms with Crippen LogP contribution in [0.1, 0.15) is 10.4 Å². The first-order valence-corrected chi connectivity index (χ1v) is 8.74. The number of hydrogen-bond donors (Lipinski definition) is 2. The summed E-state index contributed by atoms with van der Waals surface area (Å²) in [6.45, 7) is 1.58. The number of carbonyl (C=O) groups is 2. The number of rotatable bonds is 5. The average molecular weight is 378 g/mol. The molecule has 26 heavy (non-hydrogen) atoms. The van der Waals surface area contributed by atoms with Gasteiger partial charge in [0.15, 0.2) is 0 Å². The molecule has 2 aromatic rings. The van der Waals surface area contributed by atoms with Crippen LogP contribution in [0.15, 0.2) is 47.6 Å². The molecule has 1 aliphatic rings. The van der Waals surface area contributed by atoms with E-state index in [2.05, 4.69) is 15.6 Å². The minimum atomic E-state index is -2.66. The van der Waals surface area contributed by atoms with Gasteiger partial charge in [-0.15, -0.1) is 0 Å². The van der Waals surface area contributed by atoms with E-state index >= 15 is 0 Å². The molecule has 1 aromatic heterocycles. The summed E-state index contributed by atoms with van der Waals surface area (Å²) in [4.78, 5) is 29.6. The molecule has 2 amide bonds. The molecule has 9 heteroatoms. The number of halogens is 2. The van der Waals surface area contributed by atoms with Gasteiger partial charge in [-0.2, -0.15) is 8.78 Å². The molecule has 0 aliphatic carbocycles. The Labute approximate surface area is 153 Å². The second kappa shape index (κ2) is 8.13. The summed E-state index contributed by atoms with van der Waals surface area (Å²) in [6, 6.07) is 9.98. The van der Waals surface area contributed by atoms with Crippen LogP contribution in [0.4, 0.5) is 20.2 Å². The Hall–Kier alpha value is -2.68. The van der Waals surface area contributed by atoms with Gasteiger partial charge in [-0.1, -0.05) is 0 Å². The number of amides is 2. The molecule has 6 nitrogen and oxygen atoms in total. The molecule has 3 rings (SSSR count). The molecule has 136 valence electrons. The quantitative estimate of drug-likeness (QED) is 0.783. The largest absolute Gasteiger partial charge is 0.360 e. The van der Waals surface area contributed by atoms with Gasteiger partial charge in [0.05, 0.1) is 12.1 Å². The van der Waals surface area contributed by atoms with Gasteiger partial charge in [0.1, 0.15) is 5.03 Å². The van der Waals surface area contributed by atoms with Gasteiger partial charge in [0, 0.05) is 30.7 Å². The molecule has 1 aliphatic heterocycles. The van der Waals surface area contributed by atoms with E-state index in [0.29, 0.717) is 18.8 Å². The lowest BCUT2D eigenvalue weighted by atomic mass is 10.2. The monoisotopic (exact) mass is 378 g/mol. The molecule has 1 aromatic carbocycles. The van der Waals surface area contributed by atoms with Gasteiger partial charge in [0.25, 0.3) is 11.7 Å². The fourth-order valence-electron chi connectivity index (χ4n) is 2.55. The van der Waals surface area contributed by atoms with E-state index < -0.39 is 11.7 Å². The summed E-state index contributed by atoms with van der Waals surface area (Å²) in [6.07, 6.45) is 1.37. The highest BCUT2D eigenvalue weighted by Gasteiger charge is 2.18. The Morgan fingerprint density at radius 3 is 2.73 bits per heavy atom. The highest BCUT2D eigenvalue weighted by molar-refractivity contribution is 7.99. The Morgan fingerprint density at radius 2 is 2.04 bits per heavy atom. The Kier molecular flexibility index (Phi) is 5.67. The van der Waals surface area contributed by atoms with E-state index in [0.717, 1.165) is 5.69 Å². The van der Waals surface area contributed by atoms with Gasteiger partial charge >= 0.3 is 0 Å². The third-order valence-electron chi connectivity index (χ3n) is 3.75. The number of piperazine rings is 1. The number of pyridine rings is 1. The molecule has 0 unspecified atom stereocenters. The number of aromatic nitrogens is 1. The first-order chi connectivity index (χ1) is 12.5. The molecule has 1 saturated heterocycles. The van der Waals surface area contributed by atoms with Crippen LogP contribution >= 0.6 is 11.8 Å². The third-order valence-corrected chi connectivity index (χ3v) is 4.47. The standard InChI is InChI=1S/C17H16F2N4O2S/c18-17(19)26-16-13(2-1-7-21-16)15(25)22-11-3-5-12(6-4-11)23-9-8-20-14(24)10-23/h1-7,17H,8-10H2,(H,20,24)(H,22,25). The van der Waals surface area contributed by atoms with Crippen molar-refractivity contribution in [1.82, 2.24) is 10.3 Å². The highest BCUT2D eigenvalue weighted by atomic mass is 32.2. The van der Waals surface area contributed by atoms with Crippen LogP contribution in [0.3, 0.4) is 0 Å². The van der Waals surface area contributed by atoms with Crippen molar-refractivity contribution in [3.8, 4) is 0 Å². The van der Waals surface area contributed by atoms with Crippen LogP contribution in [-0.4, -0.2) is 42.2 Å². The second-order valence-corrected chi connectivity index (χ2v) is 6.49. The average Bonchev–Trinajstić information content (AvgIpc) is 2.62. The predicted octanol–water partition coefficient (Wildman–Crippen LogP) is 2.58. The van der Waals surface area contributed by atoms with Crippen LogP contribution in [0.2, 0.25) is 0 Å². The van der Waals surface area contributed by atoms with Crippen molar-refractivity contribution in [3.63, 3.8) is 0 Å². The summed E-state index contributed by atoms with van der Waals surface area (Å²) < 4.78 is 25.2. The number of benzene rings is 1. The van der Waals surface area contributed by atoms with E-state index in [-0.39, 0.29) is 34.8 Å². The number of carbonyl (C=O) groups excluding carboxylic acids is 2. The van der Waals surface area contributed by atoms with Crippen LogP contribution in [-0.2, 0) is 4.79 Å². The van der Waals surface area contributed by atoms with Crippen molar-refractivity contribution in [2.24, 2.45) is 0 Å². The number of alkyl halides is 2. The number of thioether (sulfide) groups is 1. The highest BCUT2D eigenvalue weighted by Crippen LogP contribution is 2.27. The zero-order chi connectivity index (χ0) is 18.5. The van der Waals surface area contributed by atoms with Crippen molar-refractivity contribution in [1.29, 1.82) is 0 Å². The van der Waals surface area contributed by atoms with Crippen LogP contribution in [0.25, 0.3) is 0 Å². The Balaban J connectivity index is 1.69. The van der Waals surface area contributed by atoms with E-state index in [4.69, 9.17) is 0 Å². The van der Waals surface area contributed by atoms with E-state index in [1.165, 1.54) is 18.3 Å². The van der Waals surface area contributed by atoms with Gasteiger partial charge in [-0.05, 0) is 48.2 Å². The maximum absolute atomic E-state index is 12.6. The summed E-state index contributed by atoms with van der Waals surface area (Å²) in [5, 5.41) is 5.42. The lowest BCUT2D eigenvalue weighted by molar-refractivity contribution is -0.120. The smallest absolute Gasteiger partial charge is 0.290 e. The summed E-state index contributed by atoms with van der Waals surface area (Å²) in [5.74, 6) is -3.20. The first kappa shape index (κ1) is 18.1. The molecule has 0 radical (unpaired) electrons. The zero-order valence-electron chi connectivity index (χ0n) is 13.6. The molecular formula is C17H16F2N4O2S. The third kappa shape index (κ3) is 4.48. The van der Waals surface area contributed by atoms with E-state index in [1.54, 1.807) is 24.3 Å². The van der Waals surface area contributed by atoms with Gasteiger partial charge in [-0.3, -0.25) is 9.59 Å². The maximum atomic E-state index is 12.6. The number of nitrogens with zero attached hydrogens (tertiary/aromatic N) is 2. The minimum Gasteiger partial charge on any atom is -0.360 e. The van der Waals surface area contributed by atoms with Crippen molar-refractivity contribution in [2.45, 2.75) is 10.8 Å². The molecule has 0 atom stereocenters. The molecule has 0 bridgehead atoms. The predicted molar refractivity (Wildman–Crippen MR) is 95.7 cm³/mol. The number of anilines is 2. The van der Waals surface area contributed by atoms with Crippen LogP contribution in [0.5, 0.6) is 0 Å². The van der Waals surface area contributed by atoms with Crippen molar-refractivity contribution >= 4 is 35.0 Å². The molecule has 2 heterocycles. The second-order valence-electron chi connectivity index (χ2n) is 5.51. The minimum absolute atomic E-state index is 0.0176. The maximum Gasteiger partial charge on any atom is 0.290 e. The number of nitrogens with one attached hydrogen (secondary N) is 2. The first-order valence-electron chi connectivity index (χ1n) is 7.86. The van der Waals surface area contributed by atoms with Crippen molar-refractivity contribution in [2.75, 3.05) is 29.9 Å². The molecule has 2 N–H and O–H groups in total. The van der Waals surface area contributed by atoms with E-state index in [1.807, 2.05) is 4.90 Å². The van der Waals surface area contributed by atoms with Gasteiger partial charge in [-0.25, -0.2) is 4.98 Å². The Bertz CT molecular complexity index is 802. The fraction of sp³-hybridized carbons (Fsp3) is 0.235. The van der Waals surface area contributed by atoms with Crippen molar-refractivity contribution < 1.29 is 18.4 Å². The molecule has 1 fully saturated rings. The molecular weight excluding hydrogens is 362 g/mol. The lowest BCUT2D eigenvalue weighted by Crippen LogP contribution is -2.47. The van der Waals surface area contributed by atoms with E-state index in [9.17, 15) is 18.4 Å². The molecule has 0 spiro atoms. The topological polar surface area (TPSA) is 74.3 Å². The van der Waals surface area contributed by atoms with Gasteiger partial charge < -0.3 is 15.5 Å². The summed E-state index contributed by atoms with van der Waals surface area (Å²) >= 11 is 0.236. The molecule has 0 saturated carbocycles. The fourth-order valence-corrected chi connectivity index (χ4v) is 3.13. The lowest BCUT2D eigenvalue weighted by Gasteiger charge is -2.28. The Morgan fingerprint density at radius 1 is 1.27 bits per heavy atom. The van der Waals surface area contributed by atoms with Gasteiger partial charge in [0.2, 0.25) is 5.91 Å². The normalized spacial score (nSPS) is 14.3. The summed E-state index contributed by atoms with van der Waals surface area (Å²) in [5.41, 5.74) is 1.49.